The highest BCUT2D eigenvalue weighted by Crippen LogP contribution is 2.34. The number of anilines is 4. The fraction of sp³-hybridized carbons (Fsp3) is 0.143. The number of aromatic nitrogens is 2. The van der Waals surface area contributed by atoms with Crippen molar-refractivity contribution in [1.82, 2.24) is 9.97 Å². The highest BCUT2D eigenvalue weighted by Gasteiger charge is 2.25. The normalized spacial score (nSPS) is 10.2. The van der Waals surface area contributed by atoms with E-state index in [0.29, 0.717) is 5.69 Å². The second-order valence-corrected chi connectivity index (χ2v) is 6.27. The number of nitrogens with one attached hydrogen (secondary N) is 2. The zero-order chi connectivity index (χ0) is 23.1. The van der Waals surface area contributed by atoms with E-state index in [1.165, 1.54) is 19.2 Å². The van der Waals surface area contributed by atoms with E-state index in [-0.39, 0.29) is 35.1 Å². The first-order chi connectivity index (χ1) is 15.4. The Bertz CT molecular complexity index is 1170. The molecule has 0 saturated heterocycles. The summed E-state index contributed by atoms with van der Waals surface area (Å²) in [6.07, 6.45) is 1.13. The van der Waals surface area contributed by atoms with Crippen molar-refractivity contribution in [1.29, 1.82) is 0 Å². The topological polar surface area (TPSA) is 146 Å². The van der Waals surface area contributed by atoms with Gasteiger partial charge in [0.1, 0.15) is 6.33 Å². The molecule has 0 aliphatic carbocycles. The van der Waals surface area contributed by atoms with Crippen LogP contribution >= 0.6 is 0 Å². The number of rotatable bonds is 8. The smallest absolute Gasteiger partial charge is 0.353 e. The number of hydrogen-bond acceptors (Lipinski definition) is 10. The van der Waals surface area contributed by atoms with Crippen LogP contribution in [0.15, 0.2) is 54.9 Å². The summed E-state index contributed by atoms with van der Waals surface area (Å²) >= 11 is 0. The van der Waals surface area contributed by atoms with E-state index in [4.69, 9.17) is 9.47 Å². The van der Waals surface area contributed by atoms with Gasteiger partial charge in [0.2, 0.25) is 11.6 Å². The average Bonchev–Trinajstić information content (AvgIpc) is 2.79. The Morgan fingerprint density at radius 1 is 1.03 bits per heavy atom. The van der Waals surface area contributed by atoms with Gasteiger partial charge in [-0.3, -0.25) is 10.1 Å². The summed E-state index contributed by atoms with van der Waals surface area (Å²) in [6, 6.07) is 12.6. The summed E-state index contributed by atoms with van der Waals surface area (Å²) in [7, 11) is 1.23. The number of hydrogen-bond donors (Lipinski definition) is 2. The predicted octanol–water partition coefficient (Wildman–Crippen LogP) is 3.84. The van der Waals surface area contributed by atoms with Gasteiger partial charge in [0.15, 0.2) is 0 Å². The Morgan fingerprint density at radius 2 is 1.75 bits per heavy atom. The van der Waals surface area contributed by atoms with Gasteiger partial charge < -0.3 is 20.1 Å². The molecule has 0 bridgehead atoms. The summed E-state index contributed by atoms with van der Waals surface area (Å²) in [5.74, 6) is -1.37. The molecule has 0 aliphatic rings. The van der Waals surface area contributed by atoms with Crippen LogP contribution in [0.4, 0.5) is 28.7 Å². The molecule has 164 valence electrons. The maximum absolute atomic E-state index is 12.0. The first-order valence-corrected chi connectivity index (χ1v) is 9.42. The Hall–Kier alpha value is -4.54. The van der Waals surface area contributed by atoms with Crippen molar-refractivity contribution >= 4 is 40.6 Å². The van der Waals surface area contributed by atoms with Crippen molar-refractivity contribution in [3.8, 4) is 0 Å². The van der Waals surface area contributed by atoms with Crippen molar-refractivity contribution in [2.24, 2.45) is 0 Å². The van der Waals surface area contributed by atoms with Crippen LogP contribution in [0.1, 0.15) is 27.6 Å². The second kappa shape index (κ2) is 9.98. The van der Waals surface area contributed by atoms with Crippen LogP contribution in [0.5, 0.6) is 0 Å². The van der Waals surface area contributed by atoms with Crippen molar-refractivity contribution < 1.29 is 24.0 Å². The molecular weight excluding hydrogens is 418 g/mol. The van der Waals surface area contributed by atoms with Gasteiger partial charge in [-0.05, 0) is 37.3 Å². The van der Waals surface area contributed by atoms with Crippen LogP contribution in [0, 0.1) is 10.1 Å². The van der Waals surface area contributed by atoms with E-state index in [1.807, 2.05) is 0 Å². The molecule has 1 heterocycles. The van der Waals surface area contributed by atoms with Crippen LogP contribution < -0.4 is 10.6 Å². The van der Waals surface area contributed by atoms with Crippen LogP contribution in [-0.2, 0) is 9.47 Å². The summed E-state index contributed by atoms with van der Waals surface area (Å²) in [6.45, 7) is 1.91. The van der Waals surface area contributed by atoms with E-state index in [0.717, 1.165) is 6.33 Å². The number of nitrogens with zero attached hydrogens (tertiary/aromatic N) is 3. The molecule has 0 atom stereocenters. The Morgan fingerprint density at radius 3 is 2.44 bits per heavy atom. The molecule has 0 aliphatic heterocycles. The fourth-order valence-corrected chi connectivity index (χ4v) is 2.82. The number of para-hydroxylation sites is 1. The Balaban J connectivity index is 1.97. The van der Waals surface area contributed by atoms with Crippen LogP contribution in [0.25, 0.3) is 0 Å². The van der Waals surface area contributed by atoms with Crippen molar-refractivity contribution in [3.63, 3.8) is 0 Å². The highest BCUT2D eigenvalue weighted by atomic mass is 16.6. The number of methoxy groups -OCH3 is 1. The maximum Gasteiger partial charge on any atom is 0.353 e. The van der Waals surface area contributed by atoms with Gasteiger partial charge in [-0.25, -0.2) is 19.6 Å². The molecule has 11 nitrogen and oxygen atoms in total. The second-order valence-electron chi connectivity index (χ2n) is 6.27. The quantitative estimate of drug-likeness (QED) is 0.303. The number of carbonyl (C=O) groups is 2. The lowest BCUT2D eigenvalue weighted by Gasteiger charge is -2.12. The zero-order valence-corrected chi connectivity index (χ0v) is 17.2. The molecule has 0 amide bonds. The lowest BCUT2D eigenvalue weighted by atomic mass is 10.1. The molecule has 3 aromatic rings. The van der Waals surface area contributed by atoms with E-state index < -0.39 is 22.5 Å². The zero-order valence-electron chi connectivity index (χ0n) is 17.2. The van der Waals surface area contributed by atoms with Crippen LogP contribution in [0.3, 0.4) is 0 Å². The van der Waals surface area contributed by atoms with Crippen molar-refractivity contribution in [2.75, 3.05) is 24.4 Å². The number of carbonyl (C=O) groups excluding carboxylic acids is 2. The summed E-state index contributed by atoms with van der Waals surface area (Å²) in [5.41, 5.74) is 0.668. The van der Waals surface area contributed by atoms with Gasteiger partial charge in [0.05, 0.1) is 35.5 Å². The first kappa shape index (κ1) is 22.2. The van der Waals surface area contributed by atoms with Gasteiger partial charge in [0.25, 0.3) is 0 Å². The van der Waals surface area contributed by atoms with Crippen LogP contribution in [0.2, 0.25) is 0 Å². The van der Waals surface area contributed by atoms with Gasteiger partial charge in [-0.15, -0.1) is 0 Å². The first-order valence-electron chi connectivity index (χ1n) is 9.42. The monoisotopic (exact) mass is 437 g/mol. The number of nitro groups is 1. The molecule has 0 unspecified atom stereocenters. The molecule has 2 N–H and O–H groups in total. The van der Waals surface area contributed by atoms with Crippen molar-refractivity contribution in [3.05, 3.63) is 76.1 Å². The largest absolute Gasteiger partial charge is 0.465 e. The third-order valence-corrected chi connectivity index (χ3v) is 4.23. The average molecular weight is 437 g/mol. The van der Waals surface area contributed by atoms with Crippen LogP contribution in [-0.4, -0.2) is 40.5 Å². The standard InChI is InChI=1S/C21H19N5O6/c1-3-32-20(27)13-7-6-8-14(11-13)24-18-17(26(29)30)19(23-12-22-18)25-16-10-5-4-9-15(16)21(28)31-2/h4-12H,3H2,1-2H3,(H2,22,23,24,25). The Labute approximate surface area is 182 Å². The lowest BCUT2D eigenvalue weighted by Crippen LogP contribution is -2.09. The molecule has 0 saturated carbocycles. The lowest BCUT2D eigenvalue weighted by molar-refractivity contribution is -0.383. The Kier molecular flexibility index (Phi) is 6.91. The molecule has 0 radical (unpaired) electrons. The van der Waals surface area contributed by atoms with E-state index in [2.05, 4.69) is 20.6 Å². The van der Waals surface area contributed by atoms with E-state index in [1.54, 1.807) is 43.3 Å². The number of benzene rings is 2. The van der Waals surface area contributed by atoms with E-state index in [9.17, 15) is 19.7 Å². The number of esters is 2. The predicted molar refractivity (Wildman–Crippen MR) is 115 cm³/mol. The molecule has 2 aromatic carbocycles. The van der Waals surface area contributed by atoms with E-state index >= 15 is 0 Å². The molecule has 0 spiro atoms. The molecule has 11 heteroatoms. The van der Waals surface area contributed by atoms with Gasteiger partial charge >= 0.3 is 17.6 Å². The molecule has 0 fully saturated rings. The minimum atomic E-state index is -0.652. The van der Waals surface area contributed by atoms with Crippen molar-refractivity contribution in [2.45, 2.75) is 6.92 Å². The SMILES string of the molecule is CCOC(=O)c1cccc(Nc2ncnc(Nc3ccccc3C(=O)OC)c2[N+](=O)[O-])c1. The van der Waals surface area contributed by atoms with Gasteiger partial charge in [-0.1, -0.05) is 18.2 Å². The third-order valence-electron chi connectivity index (χ3n) is 4.23. The summed E-state index contributed by atoms with van der Waals surface area (Å²) in [5, 5.41) is 17.5. The third kappa shape index (κ3) is 4.95. The molecule has 32 heavy (non-hydrogen) atoms. The molecular formula is C21H19N5O6. The minimum Gasteiger partial charge on any atom is -0.465 e. The fourth-order valence-electron chi connectivity index (χ4n) is 2.82. The number of ether oxygens (including phenoxy) is 2. The molecule has 1 aromatic heterocycles. The maximum atomic E-state index is 12.0. The van der Waals surface area contributed by atoms with Gasteiger partial charge in [-0.2, -0.15) is 0 Å². The summed E-state index contributed by atoms with van der Waals surface area (Å²) < 4.78 is 9.72. The molecule has 3 rings (SSSR count). The van der Waals surface area contributed by atoms with Gasteiger partial charge in [0, 0.05) is 5.69 Å². The summed E-state index contributed by atoms with van der Waals surface area (Å²) in [4.78, 5) is 43.1. The highest BCUT2D eigenvalue weighted by molar-refractivity contribution is 5.97. The minimum absolute atomic E-state index is 0.107.